The molecule has 4 heteroatoms. The fourth-order valence-electron chi connectivity index (χ4n) is 1.27. The van der Waals surface area contributed by atoms with E-state index in [-0.39, 0.29) is 6.04 Å². The Morgan fingerprint density at radius 3 is 2.93 bits per heavy atom. The zero-order valence-corrected chi connectivity index (χ0v) is 9.15. The third kappa shape index (κ3) is 5.57. The molecule has 1 heterocycles. The maximum Gasteiger partial charge on any atom is 0.105 e. The Labute approximate surface area is 90.3 Å². The molecule has 86 valence electrons. The van der Waals surface area contributed by atoms with Gasteiger partial charge < -0.3 is 19.6 Å². The zero-order valence-electron chi connectivity index (χ0n) is 9.15. The summed E-state index contributed by atoms with van der Waals surface area (Å²) in [5, 5.41) is 0. The Morgan fingerprint density at radius 2 is 2.27 bits per heavy atom. The van der Waals surface area contributed by atoms with Crippen LogP contribution in [0, 0.1) is 0 Å². The molecule has 1 unspecified atom stereocenters. The molecule has 1 aromatic rings. The molecule has 0 amide bonds. The number of methoxy groups -OCH3 is 1. The van der Waals surface area contributed by atoms with Gasteiger partial charge in [0.1, 0.15) is 5.76 Å². The minimum Gasteiger partial charge on any atom is -0.469 e. The van der Waals surface area contributed by atoms with Crippen molar-refractivity contribution in [2.45, 2.75) is 18.9 Å². The monoisotopic (exact) mass is 213 g/mol. The summed E-state index contributed by atoms with van der Waals surface area (Å²) in [5.74, 6) is 0.930. The Morgan fingerprint density at radius 1 is 1.40 bits per heavy atom. The summed E-state index contributed by atoms with van der Waals surface area (Å²) in [6.07, 6.45) is 3.27. The van der Waals surface area contributed by atoms with E-state index in [1.54, 1.807) is 13.4 Å². The number of furan rings is 1. The van der Waals surface area contributed by atoms with Crippen molar-refractivity contribution in [3.05, 3.63) is 24.2 Å². The van der Waals surface area contributed by atoms with Gasteiger partial charge in [0.25, 0.3) is 0 Å². The smallest absolute Gasteiger partial charge is 0.105 e. The second-order valence-electron chi connectivity index (χ2n) is 3.44. The van der Waals surface area contributed by atoms with Crippen LogP contribution in [0.15, 0.2) is 22.8 Å². The van der Waals surface area contributed by atoms with Crippen LogP contribution in [0.4, 0.5) is 0 Å². The summed E-state index contributed by atoms with van der Waals surface area (Å²) < 4.78 is 15.4. The molecule has 0 spiro atoms. The highest BCUT2D eigenvalue weighted by Crippen LogP contribution is 2.04. The average Bonchev–Trinajstić information content (AvgIpc) is 2.70. The van der Waals surface area contributed by atoms with Crippen molar-refractivity contribution < 1.29 is 13.9 Å². The number of ether oxygens (including phenoxy) is 2. The highest BCUT2D eigenvalue weighted by atomic mass is 16.5. The van der Waals surface area contributed by atoms with E-state index in [2.05, 4.69) is 0 Å². The fourth-order valence-corrected chi connectivity index (χ4v) is 1.27. The maximum absolute atomic E-state index is 5.91. The van der Waals surface area contributed by atoms with Gasteiger partial charge in [0.15, 0.2) is 0 Å². The molecule has 1 rings (SSSR count). The topological polar surface area (TPSA) is 57.6 Å². The van der Waals surface area contributed by atoms with Crippen molar-refractivity contribution in [3.63, 3.8) is 0 Å². The average molecular weight is 213 g/mol. The van der Waals surface area contributed by atoms with E-state index in [0.717, 1.165) is 18.6 Å². The van der Waals surface area contributed by atoms with Crippen LogP contribution in [0.5, 0.6) is 0 Å². The Balaban J connectivity index is 2.01. The number of nitrogens with two attached hydrogens (primary N) is 1. The van der Waals surface area contributed by atoms with Crippen LogP contribution < -0.4 is 5.73 Å². The van der Waals surface area contributed by atoms with Crippen LogP contribution in [0.2, 0.25) is 0 Å². The molecular formula is C11H19NO3. The number of rotatable bonds is 8. The van der Waals surface area contributed by atoms with Gasteiger partial charge in [-0.25, -0.2) is 0 Å². The predicted octanol–water partition coefficient (Wildman–Crippen LogP) is 1.20. The standard InChI is InChI=1S/C11H19NO3/c1-13-7-8-14-6-4-10(12)9-11-3-2-5-15-11/h2-3,5,10H,4,6-9,12H2,1H3. The summed E-state index contributed by atoms with van der Waals surface area (Å²) in [6.45, 7) is 1.93. The number of hydrogen-bond donors (Lipinski definition) is 1. The van der Waals surface area contributed by atoms with Gasteiger partial charge in [0, 0.05) is 26.2 Å². The first-order valence-electron chi connectivity index (χ1n) is 5.17. The largest absolute Gasteiger partial charge is 0.469 e. The van der Waals surface area contributed by atoms with E-state index in [1.807, 2.05) is 12.1 Å². The molecule has 0 aliphatic carbocycles. The minimum absolute atomic E-state index is 0.0960. The van der Waals surface area contributed by atoms with Crippen LogP contribution in [0.3, 0.4) is 0 Å². The van der Waals surface area contributed by atoms with E-state index < -0.39 is 0 Å². The molecule has 1 aromatic heterocycles. The lowest BCUT2D eigenvalue weighted by atomic mass is 10.1. The molecule has 0 saturated heterocycles. The third-order valence-electron chi connectivity index (χ3n) is 2.11. The molecule has 0 fully saturated rings. The molecule has 0 bridgehead atoms. The van der Waals surface area contributed by atoms with E-state index in [9.17, 15) is 0 Å². The quantitative estimate of drug-likeness (QED) is 0.659. The lowest BCUT2D eigenvalue weighted by Gasteiger charge is -2.09. The molecule has 2 N–H and O–H groups in total. The highest BCUT2D eigenvalue weighted by molar-refractivity contribution is 4.99. The van der Waals surface area contributed by atoms with Gasteiger partial charge in [-0.3, -0.25) is 0 Å². The van der Waals surface area contributed by atoms with Crippen molar-refractivity contribution in [1.29, 1.82) is 0 Å². The highest BCUT2D eigenvalue weighted by Gasteiger charge is 2.05. The summed E-state index contributed by atoms with van der Waals surface area (Å²) in [5.41, 5.74) is 5.91. The molecule has 0 aromatic carbocycles. The first-order chi connectivity index (χ1) is 7.33. The van der Waals surface area contributed by atoms with Gasteiger partial charge >= 0.3 is 0 Å². The Bertz CT molecular complexity index is 236. The zero-order chi connectivity index (χ0) is 10.9. The second kappa shape index (κ2) is 7.45. The summed E-state index contributed by atoms with van der Waals surface area (Å²) in [6, 6.07) is 3.90. The van der Waals surface area contributed by atoms with Gasteiger partial charge in [-0.1, -0.05) is 0 Å². The molecule has 15 heavy (non-hydrogen) atoms. The van der Waals surface area contributed by atoms with Gasteiger partial charge in [0.2, 0.25) is 0 Å². The number of hydrogen-bond acceptors (Lipinski definition) is 4. The van der Waals surface area contributed by atoms with Crippen LogP contribution in [-0.4, -0.2) is 33.0 Å². The molecule has 0 aliphatic rings. The van der Waals surface area contributed by atoms with Gasteiger partial charge in [-0.05, 0) is 18.6 Å². The normalized spacial score (nSPS) is 12.9. The van der Waals surface area contributed by atoms with Crippen LogP contribution in [0.25, 0.3) is 0 Å². The van der Waals surface area contributed by atoms with Crippen molar-refractivity contribution in [1.82, 2.24) is 0 Å². The minimum atomic E-state index is 0.0960. The van der Waals surface area contributed by atoms with Crippen LogP contribution in [0.1, 0.15) is 12.2 Å². The van der Waals surface area contributed by atoms with Gasteiger partial charge in [0.05, 0.1) is 19.5 Å². The summed E-state index contributed by atoms with van der Waals surface area (Å²) in [7, 11) is 1.66. The Hall–Kier alpha value is -0.840. The molecule has 0 radical (unpaired) electrons. The van der Waals surface area contributed by atoms with Gasteiger partial charge in [-0.2, -0.15) is 0 Å². The lowest BCUT2D eigenvalue weighted by Crippen LogP contribution is -2.24. The van der Waals surface area contributed by atoms with Crippen molar-refractivity contribution >= 4 is 0 Å². The molecule has 0 aliphatic heterocycles. The first-order valence-corrected chi connectivity index (χ1v) is 5.17. The Kier molecular flexibility index (Phi) is 6.08. The first kappa shape index (κ1) is 12.2. The van der Waals surface area contributed by atoms with E-state index in [4.69, 9.17) is 19.6 Å². The third-order valence-corrected chi connectivity index (χ3v) is 2.11. The molecular weight excluding hydrogens is 194 g/mol. The van der Waals surface area contributed by atoms with Gasteiger partial charge in [-0.15, -0.1) is 0 Å². The van der Waals surface area contributed by atoms with E-state index in [0.29, 0.717) is 19.8 Å². The van der Waals surface area contributed by atoms with Crippen molar-refractivity contribution in [2.75, 3.05) is 26.9 Å². The van der Waals surface area contributed by atoms with Crippen LogP contribution in [-0.2, 0) is 15.9 Å². The maximum atomic E-state index is 5.91. The second-order valence-corrected chi connectivity index (χ2v) is 3.44. The van der Waals surface area contributed by atoms with Crippen molar-refractivity contribution in [3.8, 4) is 0 Å². The molecule has 1 atom stereocenters. The summed E-state index contributed by atoms with van der Waals surface area (Å²) >= 11 is 0. The molecule has 0 saturated carbocycles. The van der Waals surface area contributed by atoms with E-state index in [1.165, 1.54) is 0 Å². The van der Waals surface area contributed by atoms with E-state index >= 15 is 0 Å². The van der Waals surface area contributed by atoms with Crippen LogP contribution >= 0.6 is 0 Å². The lowest BCUT2D eigenvalue weighted by molar-refractivity contribution is 0.0671. The SMILES string of the molecule is COCCOCCC(N)Cc1ccco1. The molecule has 4 nitrogen and oxygen atoms in total. The predicted molar refractivity (Wildman–Crippen MR) is 57.7 cm³/mol. The fraction of sp³-hybridized carbons (Fsp3) is 0.636. The summed E-state index contributed by atoms with van der Waals surface area (Å²) in [4.78, 5) is 0. The van der Waals surface area contributed by atoms with Crippen molar-refractivity contribution in [2.24, 2.45) is 5.73 Å².